The topological polar surface area (TPSA) is 86.3 Å². The van der Waals surface area contributed by atoms with Crippen molar-refractivity contribution in [2.45, 2.75) is 13.3 Å². The number of rotatable bonds is 5. The van der Waals surface area contributed by atoms with E-state index in [4.69, 9.17) is 5.11 Å². The molecule has 1 rings (SSSR count). The Kier molecular flexibility index (Phi) is 4.65. The number of aromatic nitrogens is 2. The maximum Gasteiger partial charge on any atom is 0.273 e. The predicted molar refractivity (Wildman–Crippen MR) is 58.1 cm³/mol. The molecular weight excluding hydrogens is 210 g/mol. The van der Waals surface area contributed by atoms with Crippen LogP contribution in [0.15, 0.2) is 17.2 Å². The lowest BCUT2D eigenvalue weighted by atomic mass is 10.3. The van der Waals surface area contributed by atoms with Crippen LogP contribution in [0.25, 0.3) is 0 Å². The van der Waals surface area contributed by atoms with Gasteiger partial charge in [-0.05, 0) is 13.3 Å². The molecule has 0 atom stereocenters. The van der Waals surface area contributed by atoms with Gasteiger partial charge in [0.2, 0.25) is 0 Å². The Bertz CT molecular complexity index is 382. The summed E-state index contributed by atoms with van der Waals surface area (Å²) in [6.07, 6.45) is 2.91. The molecule has 0 aliphatic heterocycles. The van der Waals surface area contributed by atoms with Crippen molar-refractivity contribution < 1.29 is 9.90 Å². The average Bonchev–Trinajstić information content (AvgIpc) is 2.30. The molecule has 0 saturated carbocycles. The summed E-state index contributed by atoms with van der Waals surface area (Å²) in [6, 6.07) is 0. The van der Waals surface area contributed by atoms with Crippen LogP contribution in [0.3, 0.4) is 0 Å². The number of nitrogens with one attached hydrogen (secondary N) is 1. The first-order valence-corrected chi connectivity index (χ1v) is 5.14. The standard InChI is InChI=1S/C10H15N3O3/c1-2-13(4-3-5-14)10(16)8-6-12-9(15)7-11-8/h6-7,14H,2-5H2,1H3,(H,12,15). The number of carbonyl (C=O) groups excluding carboxylic acids is 1. The van der Waals surface area contributed by atoms with Gasteiger partial charge in [0.05, 0.1) is 6.20 Å². The van der Waals surface area contributed by atoms with Gasteiger partial charge < -0.3 is 15.0 Å². The van der Waals surface area contributed by atoms with Gasteiger partial charge in [0, 0.05) is 25.9 Å². The van der Waals surface area contributed by atoms with E-state index in [1.54, 1.807) is 4.90 Å². The van der Waals surface area contributed by atoms with Gasteiger partial charge in [0.1, 0.15) is 5.69 Å². The molecule has 0 radical (unpaired) electrons. The van der Waals surface area contributed by atoms with Gasteiger partial charge in [-0.25, -0.2) is 4.98 Å². The van der Waals surface area contributed by atoms with Gasteiger partial charge in [0.25, 0.3) is 11.5 Å². The second kappa shape index (κ2) is 6.02. The van der Waals surface area contributed by atoms with Crippen molar-refractivity contribution in [3.05, 3.63) is 28.4 Å². The molecule has 0 aliphatic carbocycles. The molecule has 6 heteroatoms. The number of H-pyrrole nitrogens is 1. The molecule has 2 N–H and O–H groups in total. The molecule has 0 aromatic carbocycles. The lowest BCUT2D eigenvalue weighted by Crippen LogP contribution is -2.33. The minimum Gasteiger partial charge on any atom is -0.396 e. The number of amides is 1. The molecule has 0 saturated heterocycles. The van der Waals surface area contributed by atoms with Crippen molar-refractivity contribution >= 4 is 5.91 Å². The van der Waals surface area contributed by atoms with Crippen LogP contribution in [0.4, 0.5) is 0 Å². The minimum absolute atomic E-state index is 0.0445. The highest BCUT2D eigenvalue weighted by Crippen LogP contribution is 1.99. The first-order chi connectivity index (χ1) is 7.69. The zero-order valence-electron chi connectivity index (χ0n) is 9.14. The maximum atomic E-state index is 11.9. The van der Waals surface area contributed by atoms with E-state index in [9.17, 15) is 9.59 Å². The van der Waals surface area contributed by atoms with Crippen LogP contribution in [0.2, 0.25) is 0 Å². The number of aliphatic hydroxyl groups is 1. The Morgan fingerprint density at radius 2 is 2.38 bits per heavy atom. The second-order valence-electron chi connectivity index (χ2n) is 3.26. The van der Waals surface area contributed by atoms with Gasteiger partial charge in [0.15, 0.2) is 0 Å². The van der Waals surface area contributed by atoms with E-state index < -0.39 is 0 Å². The Morgan fingerprint density at radius 1 is 1.62 bits per heavy atom. The van der Waals surface area contributed by atoms with E-state index >= 15 is 0 Å². The van der Waals surface area contributed by atoms with Gasteiger partial charge in [-0.15, -0.1) is 0 Å². The maximum absolute atomic E-state index is 11.9. The summed E-state index contributed by atoms with van der Waals surface area (Å²) in [4.78, 5) is 30.4. The van der Waals surface area contributed by atoms with Crippen molar-refractivity contribution in [1.29, 1.82) is 0 Å². The fraction of sp³-hybridized carbons (Fsp3) is 0.500. The molecule has 1 aromatic rings. The Labute approximate surface area is 92.9 Å². The summed E-state index contributed by atoms with van der Waals surface area (Å²) in [6.45, 7) is 2.91. The predicted octanol–water partition coefficient (Wildman–Crippen LogP) is -0.386. The molecule has 0 aliphatic rings. The SMILES string of the molecule is CCN(CCCO)C(=O)c1c[nH]c(=O)cn1. The smallest absolute Gasteiger partial charge is 0.273 e. The van der Waals surface area contributed by atoms with E-state index in [1.807, 2.05) is 6.92 Å². The highest BCUT2D eigenvalue weighted by atomic mass is 16.3. The third kappa shape index (κ3) is 3.16. The zero-order chi connectivity index (χ0) is 12.0. The van der Waals surface area contributed by atoms with Crippen LogP contribution in [0.5, 0.6) is 0 Å². The molecule has 1 heterocycles. The number of aromatic amines is 1. The molecule has 88 valence electrons. The molecule has 6 nitrogen and oxygen atoms in total. The first-order valence-electron chi connectivity index (χ1n) is 5.14. The van der Waals surface area contributed by atoms with Crippen LogP contribution in [0, 0.1) is 0 Å². The lowest BCUT2D eigenvalue weighted by Gasteiger charge is -2.19. The number of carbonyl (C=O) groups is 1. The van der Waals surface area contributed by atoms with Gasteiger partial charge in [-0.1, -0.05) is 0 Å². The summed E-state index contributed by atoms with van der Waals surface area (Å²) in [7, 11) is 0. The van der Waals surface area contributed by atoms with Crippen molar-refractivity contribution in [1.82, 2.24) is 14.9 Å². The van der Waals surface area contributed by atoms with Gasteiger partial charge >= 0.3 is 0 Å². The highest BCUT2D eigenvalue weighted by Gasteiger charge is 2.14. The number of hydrogen-bond donors (Lipinski definition) is 2. The molecule has 1 aromatic heterocycles. The molecule has 0 spiro atoms. The zero-order valence-corrected chi connectivity index (χ0v) is 9.14. The summed E-state index contributed by atoms with van der Waals surface area (Å²) >= 11 is 0. The molecule has 0 bridgehead atoms. The Hall–Kier alpha value is -1.69. The Balaban J connectivity index is 2.74. The first kappa shape index (κ1) is 12.4. The monoisotopic (exact) mass is 225 g/mol. The normalized spacial score (nSPS) is 10.1. The third-order valence-electron chi connectivity index (χ3n) is 2.15. The number of hydrogen-bond acceptors (Lipinski definition) is 4. The molecular formula is C10H15N3O3. The van der Waals surface area contributed by atoms with Crippen molar-refractivity contribution in [3.8, 4) is 0 Å². The van der Waals surface area contributed by atoms with Gasteiger partial charge in [-0.3, -0.25) is 9.59 Å². The summed E-state index contributed by atoms with van der Waals surface area (Å²) in [5.74, 6) is -0.243. The number of nitrogens with zero attached hydrogens (tertiary/aromatic N) is 2. The van der Waals surface area contributed by atoms with Crippen LogP contribution >= 0.6 is 0 Å². The molecule has 0 fully saturated rings. The largest absolute Gasteiger partial charge is 0.396 e. The van der Waals surface area contributed by atoms with Crippen LogP contribution < -0.4 is 5.56 Å². The van der Waals surface area contributed by atoms with E-state index in [1.165, 1.54) is 6.20 Å². The van der Waals surface area contributed by atoms with Crippen molar-refractivity contribution in [2.75, 3.05) is 19.7 Å². The average molecular weight is 225 g/mol. The van der Waals surface area contributed by atoms with E-state index in [-0.39, 0.29) is 23.8 Å². The van der Waals surface area contributed by atoms with E-state index in [2.05, 4.69) is 9.97 Å². The van der Waals surface area contributed by atoms with Crippen molar-refractivity contribution in [3.63, 3.8) is 0 Å². The minimum atomic E-state index is -0.338. The van der Waals surface area contributed by atoms with Crippen molar-refractivity contribution in [2.24, 2.45) is 0 Å². The lowest BCUT2D eigenvalue weighted by molar-refractivity contribution is 0.0748. The van der Waals surface area contributed by atoms with E-state index in [0.717, 1.165) is 6.20 Å². The fourth-order valence-electron chi connectivity index (χ4n) is 1.29. The summed E-state index contributed by atoms with van der Waals surface area (Å²) in [5, 5.41) is 8.70. The molecule has 1 amide bonds. The molecule has 0 unspecified atom stereocenters. The van der Waals surface area contributed by atoms with Crippen LogP contribution in [-0.2, 0) is 0 Å². The quantitative estimate of drug-likeness (QED) is 0.714. The summed E-state index contributed by atoms with van der Waals surface area (Å²) in [5.41, 5.74) is -0.130. The van der Waals surface area contributed by atoms with Crippen LogP contribution in [0.1, 0.15) is 23.8 Å². The molecule has 16 heavy (non-hydrogen) atoms. The van der Waals surface area contributed by atoms with Gasteiger partial charge in [-0.2, -0.15) is 0 Å². The Morgan fingerprint density at radius 3 is 2.88 bits per heavy atom. The van der Waals surface area contributed by atoms with E-state index in [0.29, 0.717) is 19.5 Å². The fourth-order valence-corrected chi connectivity index (χ4v) is 1.29. The summed E-state index contributed by atoms with van der Waals surface area (Å²) < 4.78 is 0. The second-order valence-corrected chi connectivity index (χ2v) is 3.26. The number of aliphatic hydroxyl groups excluding tert-OH is 1. The van der Waals surface area contributed by atoms with Crippen LogP contribution in [-0.4, -0.2) is 45.6 Å². The third-order valence-corrected chi connectivity index (χ3v) is 2.15. The highest BCUT2D eigenvalue weighted by molar-refractivity contribution is 5.91.